The zero-order valence-corrected chi connectivity index (χ0v) is 17.6. The molecule has 2 aliphatic rings. The van der Waals surface area contributed by atoms with Gasteiger partial charge in [-0.05, 0) is 54.8 Å². The highest BCUT2D eigenvalue weighted by molar-refractivity contribution is 8.00. The number of hydrogen-bond acceptors (Lipinski definition) is 6. The van der Waals surface area contributed by atoms with E-state index in [0.29, 0.717) is 21.7 Å². The van der Waals surface area contributed by atoms with Gasteiger partial charge in [-0.2, -0.15) is 8.78 Å². The summed E-state index contributed by atoms with van der Waals surface area (Å²) in [7, 11) is 0. The first-order chi connectivity index (χ1) is 15.0. The molecule has 0 bridgehead atoms. The van der Waals surface area contributed by atoms with Crippen LogP contribution in [0.25, 0.3) is 0 Å². The minimum Gasteiger partial charge on any atom is -0.435 e. The summed E-state index contributed by atoms with van der Waals surface area (Å²) in [5, 5.41) is 9.28. The third-order valence-electron chi connectivity index (χ3n) is 5.26. The third-order valence-corrected chi connectivity index (χ3v) is 6.72. The second kappa shape index (κ2) is 8.12. The van der Waals surface area contributed by atoms with E-state index >= 15 is 0 Å². The molecule has 0 spiro atoms. The number of nitrogens with zero attached hydrogens (tertiary/aromatic N) is 3. The van der Waals surface area contributed by atoms with Gasteiger partial charge in [0, 0.05) is 16.5 Å². The monoisotopic (exact) mass is 462 g/mol. The minimum absolute atomic E-state index is 0.00374. The van der Waals surface area contributed by atoms with Crippen LogP contribution in [0.5, 0.6) is 5.75 Å². The van der Waals surface area contributed by atoms with E-state index in [1.54, 1.807) is 12.1 Å². The number of nitrogens with one attached hydrogen (secondary N) is 1. The van der Waals surface area contributed by atoms with E-state index in [-0.39, 0.29) is 17.6 Å². The Balaban J connectivity index is 1.48. The molecule has 1 aliphatic heterocycles. The predicted octanol–water partition coefficient (Wildman–Crippen LogP) is 5.05. The second-order valence-electron chi connectivity index (χ2n) is 7.41. The van der Waals surface area contributed by atoms with Gasteiger partial charge in [-0.25, -0.2) is 4.68 Å². The molecule has 2 aromatic carbocycles. The number of thioether (sulfide) groups is 1. The van der Waals surface area contributed by atoms with Crippen molar-refractivity contribution in [2.75, 3.05) is 5.43 Å². The summed E-state index contributed by atoms with van der Waals surface area (Å²) in [6.07, 6.45) is 2.15. The van der Waals surface area contributed by atoms with Crippen LogP contribution < -0.4 is 10.2 Å². The maximum absolute atomic E-state index is 13.4. The van der Waals surface area contributed by atoms with Gasteiger partial charge in [0.2, 0.25) is 5.16 Å². The quantitative estimate of drug-likeness (QED) is 0.517. The van der Waals surface area contributed by atoms with Crippen LogP contribution >= 0.6 is 23.4 Å². The summed E-state index contributed by atoms with van der Waals surface area (Å²) in [5.74, 6) is 1.11. The standard InChI is InChI=1S/C21H17ClF2N4O2S/c22-14-7-3-11(4-8-14)16-18(17(29)12-5-9-15(10-6-12)30-20(23)24)31-21-26-25-19(13-1-2-13)28(21)27-16/h3-10,13,16,18,20,27H,1-2H2/t16-,18+/m0/s1. The number of ketones is 1. The average molecular weight is 463 g/mol. The van der Waals surface area contributed by atoms with Gasteiger partial charge >= 0.3 is 6.61 Å². The second-order valence-corrected chi connectivity index (χ2v) is 8.96. The molecule has 0 unspecified atom stereocenters. The molecule has 0 radical (unpaired) electrons. The number of halogens is 3. The van der Waals surface area contributed by atoms with Gasteiger partial charge in [0.05, 0.1) is 6.04 Å². The number of ether oxygens (including phenoxy) is 1. The first kappa shape index (κ1) is 20.3. The van der Waals surface area contributed by atoms with Crippen molar-refractivity contribution in [2.24, 2.45) is 0 Å². The van der Waals surface area contributed by atoms with E-state index in [4.69, 9.17) is 11.6 Å². The fourth-order valence-corrected chi connectivity index (χ4v) is 4.85. The van der Waals surface area contributed by atoms with Crippen LogP contribution in [0.1, 0.15) is 46.5 Å². The lowest BCUT2D eigenvalue weighted by atomic mass is 9.97. The molecule has 6 nitrogen and oxygen atoms in total. The summed E-state index contributed by atoms with van der Waals surface area (Å²) >= 11 is 7.39. The molecule has 5 rings (SSSR count). The first-order valence-corrected chi connectivity index (χ1v) is 11.0. The Hall–Kier alpha value is -2.65. The lowest BCUT2D eigenvalue weighted by molar-refractivity contribution is -0.0498. The van der Waals surface area contributed by atoms with Gasteiger partial charge in [0.25, 0.3) is 0 Å². The molecule has 1 N–H and O–H groups in total. The SMILES string of the molecule is O=C(c1ccc(OC(F)F)cc1)[C@@H]1Sc2nnc(C3CC3)n2N[C@H]1c1ccc(Cl)cc1. The van der Waals surface area contributed by atoms with Gasteiger partial charge in [-0.15, -0.1) is 10.2 Å². The average Bonchev–Trinajstić information content (AvgIpc) is 3.52. The molecule has 2 heterocycles. The van der Waals surface area contributed by atoms with Crippen LogP contribution in [0.3, 0.4) is 0 Å². The minimum atomic E-state index is -2.92. The van der Waals surface area contributed by atoms with Crippen LogP contribution in [0, 0.1) is 0 Å². The van der Waals surface area contributed by atoms with Crippen molar-refractivity contribution in [1.82, 2.24) is 14.9 Å². The highest BCUT2D eigenvalue weighted by Crippen LogP contribution is 2.44. The van der Waals surface area contributed by atoms with Gasteiger partial charge in [0.15, 0.2) is 11.6 Å². The van der Waals surface area contributed by atoms with E-state index in [2.05, 4.69) is 20.4 Å². The zero-order valence-electron chi connectivity index (χ0n) is 16.0. The van der Waals surface area contributed by atoms with Crippen LogP contribution in [0.15, 0.2) is 53.7 Å². The first-order valence-electron chi connectivity index (χ1n) is 9.72. The van der Waals surface area contributed by atoms with Gasteiger partial charge in [-0.3, -0.25) is 4.79 Å². The van der Waals surface area contributed by atoms with E-state index < -0.39 is 11.9 Å². The number of carbonyl (C=O) groups is 1. The molecule has 1 aliphatic carbocycles. The summed E-state index contributed by atoms with van der Waals surface area (Å²) < 4.78 is 31.1. The molecule has 0 amide bonds. The van der Waals surface area contributed by atoms with Crippen molar-refractivity contribution in [3.8, 4) is 5.75 Å². The molecule has 0 saturated heterocycles. The Morgan fingerprint density at radius 1 is 1.13 bits per heavy atom. The van der Waals surface area contributed by atoms with Crippen molar-refractivity contribution in [3.63, 3.8) is 0 Å². The third kappa shape index (κ3) is 4.12. The van der Waals surface area contributed by atoms with Gasteiger partial charge < -0.3 is 10.2 Å². The molecule has 31 heavy (non-hydrogen) atoms. The fraction of sp³-hybridized carbons (Fsp3) is 0.286. The lowest BCUT2D eigenvalue weighted by Crippen LogP contribution is -2.39. The van der Waals surface area contributed by atoms with E-state index in [9.17, 15) is 13.6 Å². The van der Waals surface area contributed by atoms with Crippen LogP contribution in [0.2, 0.25) is 5.02 Å². The van der Waals surface area contributed by atoms with Crippen molar-refractivity contribution >= 4 is 29.1 Å². The normalized spacial score (nSPS) is 20.3. The number of rotatable bonds is 6. The number of fused-ring (bicyclic) bond motifs is 1. The molecule has 160 valence electrons. The highest BCUT2D eigenvalue weighted by Gasteiger charge is 2.40. The van der Waals surface area contributed by atoms with Crippen molar-refractivity contribution < 1.29 is 18.3 Å². The Bertz CT molecular complexity index is 1100. The molecule has 1 fully saturated rings. The molecule has 3 aromatic rings. The maximum atomic E-state index is 13.4. The molecule has 10 heteroatoms. The smallest absolute Gasteiger partial charge is 0.387 e. The summed E-state index contributed by atoms with van der Waals surface area (Å²) in [5.41, 5.74) is 4.72. The number of hydrogen-bond donors (Lipinski definition) is 1. The Kier molecular flexibility index (Phi) is 5.31. The van der Waals surface area contributed by atoms with E-state index in [1.165, 1.54) is 36.0 Å². The number of aromatic nitrogens is 3. The Morgan fingerprint density at radius 2 is 1.84 bits per heavy atom. The topological polar surface area (TPSA) is 69.0 Å². The fourth-order valence-electron chi connectivity index (χ4n) is 3.56. The molecule has 1 saturated carbocycles. The number of alkyl halides is 2. The van der Waals surface area contributed by atoms with E-state index in [0.717, 1.165) is 24.2 Å². The maximum Gasteiger partial charge on any atom is 0.387 e. The molecule has 2 atom stereocenters. The van der Waals surface area contributed by atoms with Crippen LogP contribution in [0.4, 0.5) is 8.78 Å². The Labute approximate surface area is 185 Å². The zero-order chi connectivity index (χ0) is 21.5. The summed E-state index contributed by atoms with van der Waals surface area (Å²) in [6, 6.07) is 12.7. The van der Waals surface area contributed by atoms with E-state index in [1.807, 2.05) is 16.8 Å². The van der Waals surface area contributed by atoms with Crippen LogP contribution in [-0.4, -0.2) is 32.5 Å². The lowest BCUT2D eigenvalue weighted by Gasteiger charge is -2.33. The van der Waals surface area contributed by atoms with Crippen molar-refractivity contribution in [3.05, 3.63) is 70.5 Å². The summed E-state index contributed by atoms with van der Waals surface area (Å²) in [6.45, 7) is -2.92. The molecular weight excluding hydrogens is 446 g/mol. The largest absolute Gasteiger partial charge is 0.435 e. The molecule has 1 aromatic heterocycles. The highest BCUT2D eigenvalue weighted by atomic mass is 35.5. The van der Waals surface area contributed by atoms with Crippen LogP contribution in [-0.2, 0) is 0 Å². The Morgan fingerprint density at radius 3 is 2.48 bits per heavy atom. The van der Waals surface area contributed by atoms with Gasteiger partial charge in [-0.1, -0.05) is 35.5 Å². The van der Waals surface area contributed by atoms with Gasteiger partial charge in [0.1, 0.15) is 11.0 Å². The number of Topliss-reactive ketones (excluding diaryl/α,β-unsaturated/α-hetero) is 1. The number of carbonyl (C=O) groups excluding carboxylic acids is 1. The van der Waals surface area contributed by atoms with Crippen molar-refractivity contribution in [2.45, 2.75) is 41.8 Å². The predicted molar refractivity (Wildman–Crippen MR) is 113 cm³/mol. The molecular formula is C21H17ClF2N4O2S. The van der Waals surface area contributed by atoms with Crippen molar-refractivity contribution in [1.29, 1.82) is 0 Å². The number of benzene rings is 2. The summed E-state index contributed by atoms with van der Waals surface area (Å²) in [4.78, 5) is 13.4.